The summed E-state index contributed by atoms with van der Waals surface area (Å²) in [5.41, 5.74) is 2.49. The number of nitrogens with zero attached hydrogens (tertiary/aromatic N) is 1. The van der Waals surface area contributed by atoms with E-state index in [1.54, 1.807) is 0 Å². The van der Waals surface area contributed by atoms with Gasteiger partial charge in [0.25, 0.3) is 0 Å². The van der Waals surface area contributed by atoms with Crippen molar-refractivity contribution in [2.24, 2.45) is 0 Å². The van der Waals surface area contributed by atoms with Crippen LogP contribution in [0.5, 0.6) is 0 Å². The van der Waals surface area contributed by atoms with Crippen LogP contribution in [0, 0.1) is 0 Å². The lowest BCUT2D eigenvalue weighted by atomic mass is 9.96. The van der Waals surface area contributed by atoms with Gasteiger partial charge < -0.3 is 15.5 Å². The van der Waals surface area contributed by atoms with Crippen molar-refractivity contribution in [2.45, 2.75) is 43.7 Å². The second-order valence-electron chi connectivity index (χ2n) is 6.60. The van der Waals surface area contributed by atoms with Crippen molar-refractivity contribution in [3.63, 3.8) is 0 Å². The van der Waals surface area contributed by atoms with Gasteiger partial charge in [0.15, 0.2) is 0 Å². The van der Waals surface area contributed by atoms with Gasteiger partial charge in [-0.1, -0.05) is 31.0 Å². The first kappa shape index (κ1) is 14.4. The number of amides is 1. The van der Waals surface area contributed by atoms with Gasteiger partial charge in [-0.3, -0.25) is 4.79 Å². The highest BCUT2D eigenvalue weighted by Crippen LogP contribution is 2.33. The van der Waals surface area contributed by atoms with Crippen LogP contribution in [-0.2, 0) is 11.2 Å². The van der Waals surface area contributed by atoms with Crippen LogP contribution in [-0.4, -0.2) is 43.0 Å². The third kappa shape index (κ3) is 2.77. The lowest BCUT2D eigenvalue weighted by Crippen LogP contribution is -2.53. The molecule has 1 saturated carbocycles. The number of carbonyl (C=O) groups excluding carboxylic acids is 1. The summed E-state index contributed by atoms with van der Waals surface area (Å²) in [6.07, 6.45) is 5.68. The number of para-hydroxylation sites is 1. The molecule has 114 valence electrons. The molecule has 4 heteroatoms. The molecule has 0 radical (unpaired) electrons. The molecular formula is C17H25N3O. The topological polar surface area (TPSA) is 44.4 Å². The van der Waals surface area contributed by atoms with Crippen molar-refractivity contribution < 1.29 is 4.79 Å². The van der Waals surface area contributed by atoms with E-state index < -0.39 is 0 Å². The molecule has 1 heterocycles. The molecular weight excluding hydrogens is 262 g/mol. The van der Waals surface area contributed by atoms with Gasteiger partial charge in [-0.15, -0.1) is 0 Å². The average Bonchev–Trinajstić information content (AvgIpc) is 3.12. The van der Waals surface area contributed by atoms with E-state index in [0.29, 0.717) is 0 Å². The number of fused-ring (bicyclic) bond motifs is 1. The zero-order valence-electron chi connectivity index (χ0n) is 13.0. The molecule has 1 amide bonds. The highest BCUT2D eigenvalue weighted by molar-refractivity contribution is 5.87. The van der Waals surface area contributed by atoms with Gasteiger partial charge in [-0.2, -0.15) is 0 Å². The predicted molar refractivity (Wildman–Crippen MR) is 85.5 cm³/mol. The molecule has 1 aliphatic carbocycles. The Balaban J connectivity index is 1.58. The monoisotopic (exact) mass is 287 g/mol. The minimum absolute atomic E-state index is 0.122. The Kier molecular flexibility index (Phi) is 3.89. The number of hydrogen-bond donors (Lipinski definition) is 2. The van der Waals surface area contributed by atoms with E-state index in [-0.39, 0.29) is 17.5 Å². The van der Waals surface area contributed by atoms with Crippen molar-refractivity contribution in [2.75, 3.05) is 26.0 Å². The highest BCUT2D eigenvalue weighted by atomic mass is 16.2. The van der Waals surface area contributed by atoms with E-state index in [1.165, 1.54) is 31.2 Å². The molecule has 0 spiro atoms. The zero-order valence-corrected chi connectivity index (χ0v) is 13.0. The SMILES string of the molecule is CN(C)C1(CNC(=O)[C@@H]2Cc3ccccc3N2)CCCC1. The molecule has 21 heavy (non-hydrogen) atoms. The summed E-state index contributed by atoms with van der Waals surface area (Å²) in [4.78, 5) is 14.7. The molecule has 0 unspecified atom stereocenters. The minimum atomic E-state index is -0.122. The van der Waals surface area contributed by atoms with Crippen molar-refractivity contribution in [3.8, 4) is 0 Å². The van der Waals surface area contributed by atoms with Crippen LogP contribution in [0.15, 0.2) is 24.3 Å². The highest BCUT2D eigenvalue weighted by Gasteiger charge is 2.37. The maximum absolute atomic E-state index is 12.4. The Hall–Kier alpha value is -1.55. The largest absolute Gasteiger partial charge is 0.373 e. The summed E-state index contributed by atoms with van der Waals surface area (Å²) in [5, 5.41) is 6.51. The fourth-order valence-electron chi connectivity index (χ4n) is 3.65. The quantitative estimate of drug-likeness (QED) is 0.890. The second-order valence-corrected chi connectivity index (χ2v) is 6.60. The summed E-state index contributed by atoms with van der Waals surface area (Å²) in [5.74, 6) is 0.124. The lowest BCUT2D eigenvalue weighted by Gasteiger charge is -2.36. The summed E-state index contributed by atoms with van der Waals surface area (Å²) in [6, 6.07) is 8.05. The number of anilines is 1. The number of rotatable bonds is 4. The molecule has 1 fully saturated rings. The lowest BCUT2D eigenvalue weighted by molar-refractivity contribution is -0.122. The van der Waals surface area contributed by atoms with Gasteiger partial charge in [-0.05, 0) is 38.6 Å². The first-order valence-corrected chi connectivity index (χ1v) is 7.90. The van der Waals surface area contributed by atoms with E-state index in [1.807, 2.05) is 18.2 Å². The van der Waals surface area contributed by atoms with E-state index in [9.17, 15) is 4.79 Å². The maximum Gasteiger partial charge on any atom is 0.242 e. The Morgan fingerprint density at radius 2 is 2.05 bits per heavy atom. The van der Waals surface area contributed by atoms with Gasteiger partial charge in [0.05, 0.1) is 0 Å². The number of nitrogens with one attached hydrogen (secondary N) is 2. The number of likely N-dealkylation sites (N-methyl/N-ethyl adjacent to an activating group) is 1. The summed E-state index contributed by atoms with van der Waals surface area (Å²) in [6.45, 7) is 0.757. The van der Waals surface area contributed by atoms with Crippen LogP contribution >= 0.6 is 0 Å². The normalized spacial score (nSPS) is 22.9. The maximum atomic E-state index is 12.4. The molecule has 0 saturated heterocycles. The van der Waals surface area contributed by atoms with Gasteiger partial charge in [-0.25, -0.2) is 0 Å². The van der Waals surface area contributed by atoms with Gasteiger partial charge >= 0.3 is 0 Å². The average molecular weight is 287 g/mol. The Labute approximate surface area is 126 Å². The standard InChI is InChI=1S/C17H25N3O/c1-20(2)17(9-5-6-10-17)12-18-16(21)15-11-13-7-3-4-8-14(13)19-15/h3-4,7-8,15,19H,5-6,9-12H2,1-2H3,(H,18,21)/t15-/m0/s1. The van der Waals surface area contributed by atoms with Gasteiger partial charge in [0.1, 0.15) is 6.04 Å². The zero-order chi connectivity index (χ0) is 14.9. The molecule has 1 atom stereocenters. The molecule has 1 aromatic rings. The molecule has 0 bridgehead atoms. The fourth-order valence-corrected chi connectivity index (χ4v) is 3.65. The fraction of sp³-hybridized carbons (Fsp3) is 0.588. The summed E-state index contributed by atoms with van der Waals surface area (Å²) < 4.78 is 0. The smallest absolute Gasteiger partial charge is 0.242 e. The second kappa shape index (κ2) is 5.68. The molecule has 4 nitrogen and oxygen atoms in total. The molecule has 2 aliphatic rings. The molecule has 0 aromatic heterocycles. The van der Waals surface area contributed by atoms with E-state index in [0.717, 1.165) is 18.7 Å². The Morgan fingerprint density at radius 1 is 1.33 bits per heavy atom. The first-order chi connectivity index (χ1) is 10.1. The molecule has 2 N–H and O–H groups in total. The number of hydrogen-bond acceptors (Lipinski definition) is 3. The van der Waals surface area contributed by atoms with Gasteiger partial charge in [0, 0.05) is 24.2 Å². The number of carbonyl (C=O) groups is 1. The summed E-state index contributed by atoms with van der Waals surface area (Å²) >= 11 is 0. The third-order valence-corrected chi connectivity index (χ3v) is 5.16. The van der Waals surface area contributed by atoms with Crippen LogP contribution in [0.2, 0.25) is 0 Å². The van der Waals surface area contributed by atoms with Crippen molar-refractivity contribution in [1.82, 2.24) is 10.2 Å². The minimum Gasteiger partial charge on any atom is -0.373 e. The first-order valence-electron chi connectivity index (χ1n) is 7.90. The van der Waals surface area contributed by atoms with E-state index >= 15 is 0 Å². The third-order valence-electron chi connectivity index (χ3n) is 5.16. The van der Waals surface area contributed by atoms with Crippen molar-refractivity contribution >= 4 is 11.6 Å². The van der Waals surface area contributed by atoms with Crippen LogP contribution in [0.1, 0.15) is 31.2 Å². The van der Waals surface area contributed by atoms with Gasteiger partial charge in [0.2, 0.25) is 5.91 Å². The van der Waals surface area contributed by atoms with Crippen LogP contribution in [0.3, 0.4) is 0 Å². The molecule has 3 rings (SSSR count). The van der Waals surface area contributed by atoms with Crippen LogP contribution in [0.25, 0.3) is 0 Å². The van der Waals surface area contributed by atoms with E-state index in [2.05, 4.69) is 35.7 Å². The van der Waals surface area contributed by atoms with Crippen LogP contribution in [0.4, 0.5) is 5.69 Å². The number of benzene rings is 1. The summed E-state index contributed by atoms with van der Waals surface area (Å²) in [7, 11) is 4.25. The molecule has 1 aliphatic heterocycles. The Bertz CT molecular complexity index is 496. The van der Waals surface area contributed by atoms with Crippen LogP contribution < -0.4 is 10.6 Å². The van der Waals surface area contributed by atoms with E-state index in [4.69, 9.17) is 0 Å². The van der Waals surface area contributed by atoms with Crippen molar-refractivity contribution in [1.29, 1.82) is 0 Å². The Morgan fingerprint density at radius 3 is 2.71 bits per heavy atom. The predicted octanol–water partition coefficient (Wildman–Crippen LogP) is 2.01. The molecule has 1 aromatic carbocycles. The van der Waals surface area contributed by atoms with Crippen molar-refractivity contribution in [3.05, 3.63) is 29.8 Å².